The molecular formula is C22H26N4O3. The minimum Gasteiger partial charge on any atom is -0.459 e. The van der Waals surface area contributed by atoms with Crippen molar-refractivity contribution in [3.05, 3.63) is 60.2 Å². The summed E-state index contributed by atoms with van der Waals surface area (Å²) in [6.07, 6.45) is 4.81. The van der Waals surface area contributed by atoms with Gasteiger partial charge in [-0.15, -0.1) is 0 Å². The third-order valence-electron chi connectivity index (χ3n) is 5.44. The summed E-state index contributed by atoms with van der Waals surface area (Å²) < 4.78 is 5.18. The summed E-state index contributed by atoms with van der Waals surface area (Å²) in [6.45, 7) is 4.20. The molecule has 29 heavy (non-hydrogen) atoms. The molecule has 0 atom stereocenters. The summed E-state index contributed by atoms with van der Waals surface area (Å²) >= 11 is 0. The number of fused-ring (bicyclic) bond motifs is 1. The van der Waals surface area contributed by atoms with Crippen LogP contribution in [0.25, 0.3) is 10.9 Å². The van der Waals surface area contributed by atoms with E-state index in [0.29, 0.717) is 38.4 Å². The summed E-state index contributed by atoms with van der Waals surface area (Å²) in [5.41, 5.74) is 2.34. The van der Waals surface area contributed by atoms with Gasteiger partial charge >= 0.3 is 0 Å². The van der Waals surface area contributed by atoms with Gasteiger partial charge in [0.15, 0.2) is 5.76 Å². The molecule has 1 aliphatic rings. The monoisotopic (exact) mass is 394 g/mol. The van der Waals surface area contributed by atoms with Crippen molar-refractivity contribution in [2.45, 2.75) is 12.8 Å². The summed E-state index contributed by atoms with van der Waals surface area (Å²) in [4.78, 5) is 31.8. The number of aromatic nitrogens is 1. The second-order valence-electron chi connectivity index (χ2n) is 7.32. The van der Waals surface area contributed by atoms with Gasteiger partial charge in [0.05, 0.1) is 6.26 Å². The number of hydrogen-bond donors (Lipinski definition) is 2. The molecule has 2 amide bonds. The Hall–Kier alpha value is -3.06. The lowest BCUT2D eigenvalue weighted by atomic mass is 10.1. The molecule has 3 aromatic rings. The Morgan fingerprint density at radius 1 is 1.07 bits per heavy atom. The van der Waals surface area contributed by atoms with Crippen molar-refractivity contribution in [2.24, 2.45) is 0 Å². The number of carbonyl (C=O) groups is 2. The lowest BCUT2D eigenvalue weighted by Crippen LogP contribution is -2.49. The molecule has 1 aromatic carbocycles. The number of nitrogens with zero attached hydrogens (tertiary/aromatic N) is 2. The van der Waals surface area contributed by atoms with Crippen molar-refractivity contribution in [2.75, 3.05) is 39.3 Å². The van der Waals surface area contributed by atoms with Gasteiger partial charge in [-0.2, -0.15) is 0 Å². The van der Waals surface area contributed by atoms with Crippen LogP contribution in [0.4, 0.5) is 0 Å². The summed E-state index contributed by atoms with van der Waals surface area (Å²) in [5.74, 6) is 0.386. The zero-order valence-electron chi connectivity index (χ0n) is 16.4. The Kier molecular flexibility index (Phi) is 5.95. The van der Waals surface area contributed by atoms with Gasteiger partial charge in [0.2, 0.25) is 5.91 Å². The first-order valence-corrected chi connectivity index (χ1v) is 10.1. The van der Waals surface area contributed by atoms with E-state index in [-0.39, 0.29) is 11.8 Å². The number of para-hydroxylation sites is 1. The van der Waals surface area contributed by atoms with Crippen LogP contribution in [0.1, 0.15) is 22.5 Å². The molecule has 0 radical (unpaired) electrons. The summed E-state index contributed by atoms with van der Waals surface area (Å²) in [6, 6.07) is 11.6. The van der Waals surface area contributed by atoms with E-state index in [0.717, 1.165) is 25.0 Å². The first kappa shape index (κ1) is 19.3. The van der Waals surface area contributed by atoms with Crippen LogP contribution in [0.3, 0.4) is 0 Å². The van der Waals surface area contributed by atoms with Gasteiger partial charge in [0.1, 0.15) is 0 Å². The maximum Gasteiger partial charge on any atom is 0.289 e. The van der Waals surface area contributed by atoms with E-state index < -0.39 is 0 Å². The molecule has 1 saturated heterocycles. The first-order valence-electron chi connectivity index (χ1n) is 10.1. The molecule has 0 spiro atoms. The number of carbonyl (C=O) groups excluding carboxylic acids is 2. The largest absolute Gasteiger partial charge is 0.459 e. The fourth-order valence-electron chi connectivity index (χ4n) is 3.75. The third kappa shape index (κ3) is 4.68. The predicted octanol–water partition coefficient (Wildman–Crippen LogP) is 2.27. The zero-order valence-corrected chi connectivity index (χ0v) is 16.4. The highest BCUT2D eigenvalue weighted by Gasteiger charge is 2.23. The zero-order chi connectivity index (χ0) is 20.1. The molecule has 0 aliphatic carbocycles. The van der Waals surface area contributed by atoms with Crippen LogP contribution in [0, 0.1) is 0 Å². The fourth-order valence-corrected chi connectivity index (χ4v) is 3.75. The third-order valence-corrected chi connectivity index (χ3v) is 5.44. The van der Waals surface area contributed by atoms with Crippen molar-refractivity contribution in [3.63, 3.8) is 0 Å². The molecular weight excluding hydrogens is 368 g/mol. The van der Waals surface area contributed by atoms with E-state index in [1.54, 1.807) is 17.0 Å². The number of nitrogens with one attached hydrogen (secondary N) is 2. The average molecular weight is 394 g/mol. The Labute approximate surface area is 169 Å². The van der Waals surface area contributed by atoms with Crippen molar-refractivity contribution < 1.29 is 14.0 Å². The number of rotatable bonds is 7. The molecule has 2 aromatic heterocycles. The number of aromatic amines is 1. The van der Waals surface area contributed by atoms with Crippen molar-refractivity contribution >= 4 is 22.7 Å². The summed E-state index contributed by atoms with van der Waals surface area (Å²) in [7, 11) is 0. The van der Waals surface area contributed by atoms with Gasteiger partial charge in [0, 0.05) is 62.8 Å². The topological polar surface area (TPSA) is 81.6 Å². The second kappa shape index (κ2) is 8.96. The predicted molar refractivity (Wildman–Crippen MR) is 111 cm³/mol. The van der Waals surface area contributed by atoms with Crippen LogP contribution < -0.4 is 5.32 Å². The molecule has 4 rings (SSSR count). The maximum atomic E-state index is 12.3. The number of benzene rings is 1. The van der Waals surface area contributed by atoms with E-state index in [1.807, 2.05) is 18.3 Å². The normalized spacial score (nSPS) is 15.0. The van der Waals surface area contributed by atoms with Crippen molar-refractivity contribution in [1.29, 1.82) is 0 Å². The van der Waals surface area contributed by atoms with Gasteiger partial charge in [-0.1, -0.05) is 18.2 Å². The molecule has 0 unspecified atom stereocenters. The fraction of sp³-hybridized carbons (Fsp3) is 0.364. The number of amides is 2. The van der Waals surface area contributed by atoms with E-state index in [2.05, 4.69) is 27.3 Å². The Balaban J connectivity index is 1.15. The van der Waals surface area contributed by atoms with Crippen LogP contribution in [-0.2, 0) is 11.2 Å². The molecule has 7 heteroatoms. The molecule has 2 N–H and O–H groups in total. The molecule has 1 fully saturated rings. The van der Waals surface area contributed by atoms with E-state index >= 15 is 0 Å². The minimum atomic E-state index is -0.0651. The first-order chi connectivity index (χ1) is 14.2. The molecule has 1 aliphatic heterocycles. The van der Waals surface area contributed by atoms with Gasteiger partial charge in [0.25, 0.3) is 5.91 Å². The highest BCUT2D eigenvalue weighted by Crippen LogP contribution is 2.17. The molecule has 152 valence electrons. The summed E-state index contributed by atoms with van der Waals surface area (Å²) in [5, 5.41) is 4.23. The van der Waals surface area contributed by atoms with Crippen molar-refractivity contribution in [3.8, 4) is 0 Å². The maximum absolute atomic E-state index is 12.3. The highest BCUT2D eigenvalue weighted by atomic mass is 16.3. The van der Waals surface area contributed by atoms with Crippen LogP contribution in [-0.4, -0.2) is 65.9 Å². The number of hydrogen-bond acceptors (Lipinski definition) is 4. The van der Waals surface area contributed by atoms with E-state index in [1.165, 1.54) is 17.2 Å². The van der Waals surface area contributed by atoms with Crippen LogP contribution >= 0.6 is 0 Å². The quantitative estimate of drug-likeness (QED) is 0.644. The molecule has 0 saturated carbocycles. The van der Waals surface area contributed by atoms with E-state index in [4.69, 9.17) is 4.42 Å². The van der Waals surface area contributed by atoms with Gasteiger partial charge in [-0.05, 0) is 30.2 Å². The van der Waals surface area contributed by atoms with Gasteiger partial charge < -0.3 is 19.6 Å². The van der Waals surface area contributed by atoms with Gasteiger partial charge in [-0.3, -0.25) is 14.5 Å². The Morgan fingerprint density at radius 2 is 1.90 bits per heavy atom. The standard InChI is InChI=1S/C22H26N4O3/c27-21(23-9-7-17-16-24-19-5-2-1-4-18(17)19)8-10-25-11-13-26(14-12-25)22(28)20-6-3-15-29-20/h1-6,15-16,24H,7-14H2,(H,23,27). The Morgan fingerprint density at radius 3 is 2.69 bits per heavy atom. The Bertz CT molecular complexity index is 956. The number of piperazine rings is 1. The lowest BCUT2D eigenvalue weighted by molar-refractivity contribution is -0.121. The van der Waals surface area contributed by atoms with Crippen LogP contribution in [0.2, 0.25) is 0 Å². The highest BCUT2D eigenvalue weighted by molar-refractivity contribution is 5.91. The number of H-pyrrole nitrogens is 1. The SMILES string of the molecule is O=C(CCN1CCN(C(=O)c2ccco2)CC1)NCCc1c[nH]c2ccccc12. The van der Waals surface area contributed by atoms with Crippen LogP contribution in [0.5, 0.6) is 0 Å². The molecule has 3 heterocycles. The lowest BCUT2D eigenvalue weighted by Gasteiger charge is -2.34. The second-order valence-corrected chi connectivity index (χ2v) is 7.32. The molecule has 7 nitrogen and oxygen atoms in total. The van der Waals surface area contributed by atoms with E-state index in [9.17, 15) is 9.59 Å². The molecule has 0 bridgehead atoms. The smallest absolute Gasteiger partial charge is 0.289 e. The van der Waals surface area contributed by atoms with Crippen LogP contribution in [0.15, 0.2) is 53.3 Å². The van der Waals surface area contributed by atoms with Gasteiger partial charge in [-0.25, -0.2) is 0 Å². The number of furan rings is 1. The average Bonchev–Trinajstić information content (AvgIpc) is 3.43. The van der Waals surface area contributed by atoms with Crippen molar-refractivity contribution in [1.82, 2.24) is 20.1 Å². The minimum absolute atomic E-state index is 0.0651.